The SMILES string of the molecule is COc1ccc(Br)c2sc(S)cc12. The van der Waals surface area contributed by atoms with E-state index in [2.05, 4.69) is 28.6 Å². The first-order valence-corrected chi connectivity index (χ1v) is 5.73. The van der Waals surface area contributed by atoms with Crippen LogP contribution >= 0.6 is 39.9 Å². The third kappa shape index (κ3) is 1.58. The summed E-state index contributed by atoms with van der Waals surface area (Å²) < 4.78 is 8.52. The number of hydrogen-bond donors (Lipinski definition) is 1. The number of methoxy groups -OCH3 is 1. The molecule has 0 bridgehead atoms. The Morgan fingerprint density at radius 3 is 2.92 bits per heavy atom. The van der Waals surface area contributed by atoms with Gasteiger partial charge in [0.15, 0.2) is 0 Å². The minimum absolute atomic E-state index is 0.898. The molecule has 1 heterocycles. The summed E-state index contributed by atoms with van der Waals surface area (Å²) in [4.78, 5) is 0. The minimum atomic E-state index is 0.898. The maximum atomic E-state index is 5.25. The van der Waals surface area contributed by atoms with Gasteiger partial charge in [-0.15, -0.1) is 24.0 Å². The number of thiophene rings is 1. The second-order valence-electron chi connectivity index (χ2n) is 2.58. The van der Waals surface area contributed by atoms with Crippen LogP contribution in [-0.2, 0) is 0 Å². The lowest BCUT2D eigenvalue weighted by Gasteiger charge is -2.01. The van der Waals surface area contributed by atoms with Gasteiger partial charge in [-0.3, -0.25) is 0 Å². The number of halogens is 1. The molecule has 68 valence electrons. The molecule has 1 aromatic carbocycles. The van der Waals surface area contributed by atoms with Crippen LogP contribution in [0, 0.1) is 0 Å². The highest BCUT2D eigenvalue weighted by Crippen LogP contribution is 2.38. The summed E-state index contributed by atoms with van der Waals surface area (Å²) in [7, 11) is 1.68. The quantitative estimate of drug-likeness (QED) is 0.775. The number of thiol groups is 1. The fraction of sp³-hybridized carbons (Fsp3) is 0.111. The van der Waals surface area contributed by atoms with Crippen molar-refractivity contribution < 1.29 is 4.74 Å². The molecule has 0 spiro atoms. The highest BCUT2D eigenvalue weighted by Gasteiger charge is 2.07. The third-order valence-corrected chi connectivity index (χ3v) is 4.10. The van der Waals surface area contributed by atoms with Crippen LogP contribution in [0.15, 0.2) is 26.9 Å². The first kappa shape index (κ1) is 9.37. The Labute approximate surface area is 94.3 Å². The highest BCUT2D eigenvalue weighted by atomic mass is 79.9. The molecule has 13 heavy (non-hydrogen) atoms. The predicted octanol–water partition coefficient (Wildman–Crippen LogP) is 3.96. The van der Waals surface area contributed by atoms with E-state index in [1.165, 1.54) is 4.70 Å². The van der Waals surface area contributed by atoms with Crippen molar-refractivity contribution in [3.05, 3.63) is 22.7 Å². The predicted molar refractivity (Wildman–Crippen MR) is 63.3 cm³/mol. The minimum Gasteiger partial charge on any atom is -0.496 e. The molecule has 0 atom stereocenters. The molecule has 0 aliphatic rings. The molecule has 2 aromatic rings. The zero-order valence-corrected chi connectivity index (χ0v) is 10.2. The first-order valence-electron chi connectivity index (χ1n) is 3.67. The normalized spacial score (nSPS) is 10.7. The van der Waals surface area contributed by atoms with Gasteiger partial charge in [0.2, 0.25) is 0 Å². The largest absolute Gasteiger partial charge is 0.496 e. The number of ether oxygens (including phenoxy) is 1. The number of benzene rings is 1. The van der Waals surface area contributed by atoms with Crippen LogP contribution in [0.5, 0.6) is 5.75 Å². The van der Waals surface area contributed by atoms with Crippen molar-refractivity contribution in [2.24, 2.45) is 0 Å². The molecular formula is C9H7BrOS2. The lowest BCUT2D eigenvalue weighted by Crippen LogP contribution is -1.82. The van der Waals surface area contributed by atoms with Gasteiger partial charge in [-0.1, -0.05) is 0 Å². The molecular weight excluding hydrogens is 268 g/mol. The van der Waals surface area contributed by atoms with Crippen molar-refractivity contribution in [2.45, 2.75) is 4.21 Å². The molecule has 0 fully saturated rings. The van der Waals surface area contributed by atoms with Gasteiger partial charge in [0, 0.05) is 9.86 Å². The van der Waals surface area contributed by atoms with Gasteiger partial charge < -0.3 is 4.74 Å². The monoisotopic (exact) mass is 274 g/mol. The number of fused-ring (bicyclic) bond motifs is 1. The Kier molecular flexibility index (Phi) is 2.53. The molecule has 0 saturated heterocycles. The Balaban J connectivity index is 2.83. The molecule has 4 heteroatoms. The molecule has 1 nitrogen and oxygen atoms in total. The summed E-state index contributed by atoms with van der Waals surface area (Å²) in [5, 5.41) is 1.12. The summed E-state index contributed by atoms with van der Waals surface area (Å²) in [6.45, 7) is 0. The van der Waals surface area contributed by atoms with Gasteiger partial charge in [0.1, 0.15) is 5.75 Å². The van der Waals surface area contributed by atoms with Crippen molar-refractivity contribution in [1.82, 2.24) is 0 Å². The molecule has 0 aliphatic carbocycles. The van der Waals surface area contributed by atoms with Gasteiger partial charge in [0.25, 0.3) is 0 Å². The molecule has 0 unspecified atom stereocenters. The van der Waals surface area contributed by atoms with Crippen LogP contribution < -0.4 is 4.74 Å². The van der Waals surface area contributed by atoms with Crippen LogP contribution in [0.4, 0.5) is 0 Å². The van der Waals surface area contributed by atoms with E-state index in [1.807, 2.05) is 18.2 Å². The molecule has 0 amide bonds. The molecule has 1 aromatic heterocycles. The number of rotatable bonds is 1. The topological polar surface area (TPSA) is 9.23 Å². The van der Waals surface area contributed by atoms with Crippen molar-refractivity contribution in [3.63, 3.8) is 0 Å². The summed E-state index contributed by atoms with van der Waals surface area (Å²) in [6.07, 6.45) is 0. The van der Waals surface area contributed by atoms with Crippen molar-refractivity contribution in [2.75, 3.05) is 7.11 Å². The van der Waals surface area contributed by atoms with Gasteiger partial charge in [-0.05, 0) is 34.1 Å². The van der Waals surface area contributed by atoms with Crippen molar-refractivity contribution >= 4 is 50.0 Å². The maximum Gasteiger partial charge on any atom is 0.127 e. The average Bonchev–Trinajstić information content (AvgIpc) is 2.48. The number of hydrogen-bond acceptors (Lipinski definition) is 3. The van der Waals surface area contributed by atoms with Crippen LogP contribution in [0.1, 0.15) is 0 Å². The Morgan fingerprint density at radius 2 is 2.23 bits per heavy atom. The molecule has 0 aliphatic heterocycles. The van der Waals surface area contributed by atoms with Crippen LogP contribution in [0.3, 0.4) is 0 Å². The van der Waals surface area contributed by atoms with Crippen LogP contribution in [0.2, 0.25) is 0 Å². The molecule has 0 radical (unpaired) electrons. The Hall–Kier alpha value is -0.190. The van der Waals surface area contributed by atoms with Gasteiger partial charge in [0.05, 0.1) is 16.0 Å². The molecule has 0 saturated carbocycles. The summed E-state index contributed by atoms with van der Waals surface area (Å²) in [5.74, 6) is 0.898. The second kappa shape index (κ2) is 3.52. The zero-order chi connectivity index (χ0) is 9.42. The second-order valence-corrected chi connectivity index (χ2v) is 5.27. The van der Waals surface area contributed by atoms with E-state index in [9.17, 15) is 0 Å². The maximum absolute atomic E-state index is 5.25. The van der Waals surface area contributed by atoms with Crippen LogP contribution in [-0.4, -0.2) is 7.11 Å². The van der Waals surface area contributed by atoms with E-state index >= 15 is 0 Å². The lowest BCUT2D eigenvalue weighted by molar-refractivity contribution is 0.420. The van der Waals surface area contributed by atoms with Gasteiger partial charge in [-0.25, -0.2) is 0 Å². The van der Waals surface area contributed by atoms with E-state index < -0.39 is 0 Å². The molecule has 0 N–H and O–H groups in total. The van der Waals surface area contributed by atoms with Crippen molar-refractivity contribution in [1.29, 1.82) is 0 Å². The fourth-order valence-electron chi connectivity index (χ4n) is 1.23. The van der Waals surface area contributed by atoms with E-state index in [1.54, 1.807) is 18.4 Å². The summed E-state index contributed by atoms with van der Waals surface area (Å²) >= 11 is 9.46. The Morgan fingerprint density at radius 1 is 1.46 bits per heavy atom. The van der Waals surface area contributed by atoms with Gasteiger partial charge in [-0.2, -0.15) is 0 Å². The fourth-order valence-corrected chi connectivity index (χ4v) is 3.04. The van der Waals surface area contributed by atoms with E-state index in [0.29, 0.717) is 0 Å². The van der Waals surface area contributed by atoms with Crippen molar-refractivity contribution in [3.8, 4) is 5.75 Å². The Bertz CT molecular complexity index is 450. The summed E-state index contributed by atoms with van der Waals surface area (Å²) in [6, 6.07) is 5.96. The highest BCUT2D eigenvalue weighted by molar-refractivity contribution is 9.10. The van der Waals surface area contributed by atoms with Crippen LogP contribution in [0.25, 0.3) is 10.1 Å². The smallest absolute Gasteiger partial charge is 0.127 e. The lowest BCUT2D eigenvalue weighted by atomic mass is 10.2. The third-order valence-electron chi connectivity index (χ3n) is 1.80. The standard InChI is InChI=1S/C9H7BrOS2/c1-11-7-3-2-6(10)9-5(7)4-8(12)13-9/h2-4,12H,1H3. The summed E-state index contributed by atoms with van der Waals surface area (Å²) in [5.41, 5.74) is 0. The molecule has 2 rings (SSSR count). The average molecular weight is 275 g/mol. The zero-order valence-electron chi connectivity index (χ0n) is 6.87. The van der Waals surface area contributed by atoms with Gasteiger partial charge >= 0.3 is 0 Å². The van der Waals surface area contributed by atoms with E-state index in [4.69, 9.17) is 4.74 Å². The first-order chi connectivity index (χ1) is 6.22. The van der Waals surface area contributed by atoms with E-state index in [0.717, 1.165) is 19.8 Å². The van der Waals surface area contributed by atoms with E-state index in [-0.39, 0.29) is 0 Å².